The maximum absolute atomic E-state index is 12.8. The Kier molecular flexibility index (Phi) is 6.97. The molecule has 1 atom stereocenters. The summed E-state index contributed by atoms with van der Waals surface area (Å²) < 4.78 is 37.6. The van der Waals surface area contributed by atoms with E-state index in [-0.39, 0.29) is 30.4 Å². The Morgan fingerprint density at radius 1 is 1.21 bits per heavy atom. The molecule has 1 aromatic carbocycles. The summed E-state index contributed by atoms with van der Waals surface area (Å²) in [5.74, 6) is 0.707. The van der Waals surface area contributed by atoms with Gasteiger partial charge in [-0.1, -0.05) is 30.3 Å². The van der Waals surface area contributed by atoms with E-state index >= 15 is 0 Å². The van der Waals surface area contributed by atoms with E-state index in [1.807, 2.05) is 37.3 Å². The van der Waals surface area contributed by atoms with Gasteiger partial charge in [0.25, 0.3) is 0 Å². The van der Waals surface area contributed by atoms with Crippen LogP contribution in [0.2, 0.25) is 0 Å². The second-order valence-corrected chi connectivity index (χ2v) is 9.53. The van der Waals surface area contributed by atoms with Crippen LogP contribution in [0.5, 0.6) is 0 Å². The van der Waals surface area contributed by atoms with Crippen LogP contribution in [-0.4, -0.2) is 49.6 Å². The quantitative estimate of drug-likeness (QED) is 0.683. The van der Waals surface area contributed by atoms with Crippen LogP contribution in [0.25, 0.3) is 0 Å². The number of furan rings is 1. The molecule has 0 radical (unpaired) electrons. The smallest absolute Gasteiger partial charge is 0.410 e. The van der Waals surface area contributed by atoms with Gasteiger partial charge < -0.3 is 14.1 Å². The Bertz CT molecular complexity index is 875. The van der Waals surface area contributed by atoms with Gasteiger partial charge in [-0.3, -0.25) is 0 Å². The van der Waals surface area contributed by atoms with Gasteiger partial charge in [0.1, 0.15) is 12.4 Å². The molecule has 0 aliphatic carbocycles. The SMILES string of the molecule is C[C@@H](c1ccco1)N(C)S(=O)(=O)CC1CCN(C(=O)OCc2ccccc2)CC1. The van der Waals surface area contributed by atoms with Crippen molar-refractivity contribution in [2.45, 2.75) is 32.4 Å². The Morgan fingerprint density at radius 2 is 1.90 bits per heavy atom. The molecule has 0 saturated carbocycles. The van der Waals surface area contributed by atoms with Gasteiger partial charge in [-0.05, 0) is 43.4 Å². The summed E-state index contributed by atoms with van der Waals surface area (Å²) in [7, 11) is -1.85. The summed E-state index contributed by atoms with van der Waals surface area (Å²) in [6.07, 6.45) is 2.48. The first kappa shape index (κ1) is 21.4. The number of hydrogen-bond acceptors (Lipinski definition) is 5. The molecule has 3 rings (SSSR count). The van der Waals surface area contributed by atoms with Gasteiger partial charge in [-0.25, -0.2) is 13.2 Å². The zero-order chi connectivity index (χ0) is 20.9. The number of rotatable bonds is 7. The Morgan fingerprint density at radius 3 is 2.52 bits per heavy atom. The monoisotopic (exact) mass is 420 g/mol. The van der Waals surface area contributed by atoms with E-state index in [2.05, 4.69) is 0 Å². The topological polar surface area (TPSA) is 80.1 Å². The van der Waals surface area contributed by atoms with Crippen molar-refractivity contribution < 1.29 is 22.4 Å². The number of nitrogens with zero attached hydrogens (tertiary/aromatic N) is 2. The van der Waals surface area contributed by atoms with E-state index in [0.29, 0.717) is 31.7 Å². The molecule has 1 aromatic heterocycles. The molecule has 0 spiro atoms. The van der Waals surface area contributed by atoms with Gasteiger partial charge in [0.15, 0.2) is 0 Å². The summed E-state index contributed by atoms with van der Waals surface area (Å²) >= 11 is 0. The maximum atomic E-state index is 12.8. The first-order chi connectivity index (χ1) is 13.9. The number of likely N-dealkylation sites (tertiary alicyclic amines) is 1. The lowest BCUT2D eigenvalue weighted by atomic mass is 9.99. The van der Waals surface area contributed by atoms with E-state index in [4.69, 9.17) is 9.15 Å². The predicted molar refractivity (Wildman–Crippen MR) is 110 cm³/mol. The van der Waals surface area contributed by atoms with Crippen LogP contribution in [0.3, 0.4) is 0 Å². The van der Waals surface area contributed by atoms with E-state index in [1.54, 1.807) is 30.3 Å². The van der Waals surface area contributed by atoms with Crippen LogP contribution in [0, 0.1) is 5.92 Å². The molecule has 2 aromatic rings. The fraction of sp³-hybridized carbons (Fsp3) is 0.476. The van der Waals surface area contributed by atoms with Crippen molar-refractivity contribution in [3.05, 3.63) is 60.1 Å². The number of piperidine rings is 1. The van der Waals surface area contributed by atoms with Crippen molar-refractivity contribution in [1.82, 2.24) is 9.21 Å². The number of amides is 1. The highest BCUT2D eigenvalue weighted by Crippen LogP contribution is 2.26. The number of carbonyl (C=O) groups excluding carboxylic acids is 1. The molecule has 2 heterocycles. The van der Waals surface area contributed by atoms with Crippen LogP contribution in [0.4, 0.5) is 4.79 Å². The molecule has 7 nitrogen and oxygen atoms in total. The summed E-state index contributed by atoms with van der Waals surface area (Å²) in [6.45, 7) is 3.06. The third kappa shape index (κ3) is 5.61. The van der Waals surface area contributed by atoms with Gasteiger partial charge in [0, 0.05) is 20.1 Å². The summed E-state index contributed by atoms with van der Waals surface area (Å²) in [6, 6.07) is 12.7. The number of carbonyl (C=O) groups is 1. The van der Waals surface area contributed by atoms with E-state index in [1.165, 1.54) is 4.31 Å². The van der Waals surface area contributed by atoms with Crippen molar-refractivity contribution in [2.24, 2.45) is 5.92 Å². The fourth-order valence-electron chi connectivity index (χ4n) is 3.46. The second-order valence-electron chi connectivity index (χ2n) is 7.46. The average molecular weight is 421 g/mol. The highest BCUT2D eigenvalue weighted by molar-refractivity contribution is 7.89. The number of hydrogen-bond donors (Lipinski definition) is 0. The van der Waals surface area contributed by atoms with E-state index in [0.717, 1.165) is 5.56 Å². The van der Waals surface area contributed by atoms with Crippen molar-refractivity contribution >= 4 is 16.1 Å². The van der Waals surface area contributed by atoms with Gasteiger partial charge in [0.05, 0.1) is 18.1 Å². The summed E-state index contributed by atoms with van der Waals surface area (Å²) in [4.78, 5) is 13.9. The van der Waals surface area contributed by atoms with E-state index in [9.17, 15) is 13.2 Å². The molecular formula is C21H28N2O5S. The largest absolute Gasteiger partial charge is 0.468 e. The third-order valence-corrected chi connectivity index (χ3v) is 7.55. The van der Waals surface area contributed by atoms with Crippen molar-refractivity contribution in [2.75, 3.05) is 25.9 Å². The zero-order valence-corrected chi connectivity index (χ0v) is 17.7. The van der Waals surface area contributed by atoms with E-state index < -0.39 is 10.0 Å². The highest BCUT2D eigenvalue weighted by Gasteiger charge is 2.31. The first-order valence-electron chi connectivity index (χ1n) is 9.81. The second kappa shape index (κ2) is 9.45. The van der Waals surface area contributed by atoms with Gasteiger partial charge >= 0.3 is 6.09 Å². The highest BCUT2D eigenvalue weighted by atomic mass is 32.2. The minimum Gasteiger partial charge on any atom is -0.468 e. The lowest BCUT2D eigenvalue weighted by molar-refractivity contribution is 0.0838. The molecule has 1 fully saturated rings. The van der Waals surface area contributed by atoms with Crippen LogP contribution < -0.4 is 0 Å². The molecular weight excluding hydrogens is 392 g/mol. The molecule has 1 aliphatic rings. The van der Waals surface area contributed by atoms with Gasteiger partial charge in [-0.15, -0.1) is 0 Å². The van der Waals surface area contributed by atoms with Crippen LogP contribution in [-0.2, 0) is 21.4 Å². The number of sulfonamides is 1. The minimum absolute atomic E-state index is 0.0180. The fourth-order valence-corrected chi connectivity index (χ4v) is 5.21. The molecule has 0 N–H and O–H groups in total. The first-order valence-corrected chi connectivity index (χ1v) is 11.4. The molecule has 1 amide bonds. The Hall–Kier alpha value is -2.32. The minimum atomic E-state index is -3.43. The standard InChI is InChI=1S/C21H28N2O5S/c1-17(20-9-6-14-27-20)22(2)29(25,26)16-19-10-12-23(13-11-19)21(24)28-15-18-7-4-3-5-8-18/h3-9,14,17,19H,10-13,15-16H2,1-2H3/t17-/m0/s1. The van der Waals surface area contributed by atoms with Gasteiger partial charge in [-0.2, -0.15) is 4.31 Å². The van der Waals surface area contributed by atoms with Gasteiger partial charge in [0.2, 0.25) is 10.0 Å². The number of benzene rings is 1. The van der Waals surface area contributed by atoms with Crippen molar-refractivity contribution in [1.29, 1.82) is 0 Å². The lowest BCUT2D eigenvalue weighted by Crippen LogP contribution is -2.42. The molecule has 158 valence electrons. The van der Waals surface area contributed by atoms with Crippen molar-refractivity contribution in [3.8, 4) is 0 Å². The van der Waals surface area contributed by atoms with Crippen LogP contribution in [0.15, 0.2) is 53.1 Å². The number of ether oxygens (including phenoxy) is 1. The third-order valence-electron chi connectivity index (χ3n) is 5.46. The molecule has 0 bridgehead atoms. The molecule has 8 heteroatoms. The Balaban J connectivity index is 1.46. The zero-order valence-electron chi connectivity index (χ0n) is 16.9. The summed E-state index contributed by atoms with van der Waals surface area (Å²) in [5.41, 5.74) is 0.940. The average Bonchev–Trinajstić information content (AvgIpc) is 3.27. The lowest BCUT2D eigenvalue weighted by Gasteiger charge is -2.32. The predicted octanol–water partition coefficient (Wildman–Crippen LogP) is 3.65. The molecule has 0 unspecified atom stereocenters. The molecule has 29 heavy (non-hydrogen) atoms. The van der Waals surface area contributed by atoms with Crippen LogP contribution in [0.1, 0.15) is 37.1 Å². The summed E-state index contributed by atoms with van der Waals surface area (Å²) in [5, 5.41) is 0. The van der Waals surface area contributed by atoms with Crippen LogP contribution >= 0.6 is 0 Å². The molecule has 1 aliphatic heterocycles. The van der Waals surface area contributed by atoms with Crippen molar-refractivity contribution in [3.63, 3.8) is 0 Å². The molecule has 1 saturated heterocycles. The maximum Gasteiger partial charge on any atom is 0.410 e. The Labute approximate surface area is 172 Å². The normalized spacial score (nSPS) is 16.7.